The summed E-state index contributed by atoms with van der Waals surface area (Å²) < 4.78 is 10.3. The highest BCUT2D eigenvalue weighted by Crippen LogP contribution is 2.05. The molecule has 0 rings (SSSR count). The molecule has 0 saturated carbocycles. The normalized spacial score (nSPS) is 12.0. The summed E-state index contributed by atoms with van der Waals surface area (Å²) in [5.74, 6) is 0. The van der Waals surface area contributed by atoms with E-state index in [-0.39, 0.29) is 5.60 Å². The molecule has 0 aromatic carbocycles. The Bertz CT molecular complexity index is 78.2. The highest BCUT2D eigenvalue weighted by molar-refractivity contribution is 4.56. The smallest absolute Gasteiger partial charge is 0.147 e. The van der Waals surface area contributed by atoms with Crippen molar-refractivity contribution in [3.63, 3.8) is 0 Å². The predicted molar refractivity (Wildman–Crippen MR) is 40.7 cm³/mol. The summed E-state index contributed by atoms with van der Waals surface area (Å²) in [6, 6.07) is 0. The second-order valence-corrected chi connectivity index (χ2v) is 3.07. The van der Waals surface area contributed by atoms with Crippen LogP contribution in [0.15, 0.2) is 0 Å². The fourth-order valence-corrected chi connectivity index (χ4v) is 0.361. The van der Waals surface area contributed by atoms with Crippen LogP contribution in [0.1, 0.15) is 20.8 Å². The number of ether oxygens (including phenoxy) is 2. The van der Waals surface area contributed by atoms with Gasteiger partial charge in [-0.15, -0.1) is 0 Å². The van der Waals surface area contributed by atoms with Crippen LogP contribution < -0.4 is 5.73 Å². The maximum atomic E-state index is 5.25. The molecule has 0 fully saturated rings. The Hall–Kier alpha value is -0.120. The maximum absolute atomic E-state index is 5.25. The molecule has 3 heteroatoms. The molecule has 0 aliphatic carbocycles. The zero-order chi connectivity index (χ0) is 8.04. The molecule has 0 atom stereocenters. The summed E-state index contributed by atoms with van der Waals surface area (Å²) in [5, 5.41) is 0. The first-order valence-corrected chi connectivity index (χ1v) is 3.48. The average molecular weight is 147 g/mol. The van der Waals surface area contributed by atoms with E-state index in [1.807, 2.05) is 20.8 Å². The van der Waals surface area contributed by atoms with Gasteiger partial charge in [0.1, 0.15) is 6.79 Å². The fourth-order valence-electron chi connectivity index (χ4n) is 0.361. The van der Waals surface area contributed by atoms with E-state index in [0.717, 1.165) is 0 Å². The van der Waals surface area contributed by atoms with Gasteiger partial charge in [-0.25, -0.2) is 0 Å². The van der Waals surface area contributed by atoms with E-state index in [1.165, 1.54) is 0 Å². The molecule has 0 heterocycles. The minimum Gasteiger partial charge on any atom is -0.354 e. The lowest BCUT2D eigenvalue weighted by molar-refractivity contribution is -0.118. The van der Waals surface area contributed by atoms with Gasteiger partial charge >= 0.3 is 0 Å². The standard InChI is InChI=1S/C7H17NO2/c1-7(2,3)10-6-9-5-4-8/h4-6,8H2,1-3H3. The molecule has 0 aromatic rings. The Labute approximate surface area is 62.5 Å². The molecular formula is C7H17NO2. The lowest BCUT2D eigenvalue weighted by atomic mass is 10.2. The molecule has 0 unspecified atom stereocenters. The third-order valence-electron chi connectivity index (χ3n) is 0.837. The minimum absolute atomic E-state index is 0.116. The van der Waals surface area contributed by atoms with Crippen molar-refractivity contribution in [2.75, 3.05) is 19.9 Å². The monoisotopic (exact) mass is 147 g/mol. The zero-order valence-corrected chi connectivity index (χ0v) is 7.02. The molecule has 0 saturated heterocycles. The van der Waals surface area contributed by atoms with E-state index in [2.05, 4.69) is 0 Å². The first-order valence-electron chi connectivity index (χ1n) is 3.48. The third-order valence-corrected chi connectivity index (χ3v) is 0.837. The van der Waals surface area contributed by atoms with Crippen LogP contribution in [0.5, 0.6) is 0 Å². The average Bonchev–Trinajstić information content (AvgIpc) is 1.78. The van der Waals surface area contributed by atoms with E-state index in [4.69, 9.17) is 15.2 Å². The van der Waals surface area contributed by atoms with Gasteiger partial charge in [0.05, 0.1) is 12.2 Å². The molecular weight excluding hydrogens is 130 g/mol. The molecule has 0 amide bonds. The number of hydrogen-bond donors (Lipinski definition) is 1. The van der Waals surface area contributed by atoms with Crippen molar-refractivity contribution in [2.24, 2.45) is 5.73 Å². The van der Waals surface area contributed by atoms with Crippen LogP contribution in [0.2, 0.25) is 0 Å². The van der Waals surface area contributed by atoms with Crippen LogP contribution in [0, 0.1) is 0 Å². The zero-order valence-electron chi connectivity index (χ0n) is 7.02. The summed E-state index contributed by atoms with van der Waals surface area (Å²) in [6.07, 6.45) is 0. The minimum atomic E-state index is -0.116. The van der Waals surface area contributed by atoms with Gasteiger partial charge in [-0.1, -0.05) is 0 Å². The van der Waals surface area contributed by atoms with E-state index < -0.39 is 0 Å². The van der Waals surface area contributed by atoms with Gasteiger partial charge in [-0.3, -0.25) is 0 Å². The summed E-state index contributed by atoms with van der Waals surface area (Å²) in [7, 11) is 0. The Morgan fingerprint density at radius 3 is 2.30 bits per heavy atom. The number of rotatable bonds is 4. The van der Waals surface area contributed by atoms with Gasteiger partial charge in [-0.2, -0.15) is 0 Å². The molecule has 0 aliphatic heterocycles. The van der Waals surface area contributed by atoms with Crippen molar-refractivity contribution in [1.29, 1.82) is 0 Å². The van der Waals surface area contributed by atoms with Crippen molar-refractivity contribution in [3.8, 4) is 0 Å². The van der Waals surface area contributed by atoms with Gasteiger partial charge in [0.25, 0.3) is 0 Å². The second-order valence-electron chi connectivity index (χ2n) is 3.07. The molecule has 0 bridgehead atoms. The van der Waals surface area contributed by atoms with E-state index in [9.17, 15) is 0 Å². The van der Waals surface area contributed by atoms with Crippen molar-refractivity contribution >= 4 is 0 Å². The Kier molecular flexibility index (Phi) is 4.60. The maximum Gasteiger partial charge on any atom is 0.147 e. The summed E-state index contributed by atoms with van der Waals surface area (Å²) >= 11 is 0. The molecule has 10 heavy (non-hydrogen) atoms. The Balaban J connectivity index is 3.04. The molecule has 0 radical (unpaired) electrons. The second kappa shape index (κ2) is 4.66. The van der Waals surface area contributed by atoms with Crippen LogP contribution >= 0.6 is 0 Å². The van der Waals surface area contributed by atoms with Gasteiger partial charge in [0, 0.05) is 6.54 Å². The van der Waals surface area contributed by atoms with E-state index >= 15 is 0 Å². The molecule has 0 spiro atoms. The first-order chi connectivity index (χ1) is 4.56. The van der Waals surface area contributed by atoms with Gasteiger partial charge < -0.3 is 15.2 Å². The molecule has 62 valence electrons. The fraction of sp³-hybridized carbons (Fsp3) is 1.00. The van der Waals surface area contributed by atoms with Crippen LogP contribution in [0.4, 0.5) is 0 Å². The van der Waals surface area contributed by atoms with Crippen LogP contribution in [0.3, 0.4) is 0 Å². The molecule has 3 nitrogen and oxygen atoms in total. The quantitative estimate of drug-likeness (QED) is 0.471. The first kappa shape index (κ1) is 9.88. The topological polar surface area (TPSA) is 44.5 Å². The lowest BCUT2D eigenvalue weighted by Crippen LogP contribution is -2.22. The summed E-state index contributed by atoms with van der Waals surface area (Å²) in [5.41, 5.74) is 5.08. The Morgan fingerprint density at radius 1 is 1.30 bits per heavy atom. The summed E-state index contributed by atoms with van der Waals surface area (Å²) in [4.78, 5) is 0. The van der Waals surface area contributed by atoms with Crippen molar-refractivity contribution in [3.05, 3.63) is 0 Å². The largest absolute Gasteiger partial charge is 0.354 e. The highest BCUT2D eigenvalue weighted by Gasteiger charge is 2.08. The highest BCUT2D eigenvalue weighted by atomic mass is 16.7. The molecule has 0 aromatic heterocycles. The van der Waals surface area contributed by atoms with Gasteiger partial charge in [0.2, 0.25) is 0 Å². The van der Waals surface area contributed by atoms with Crippen LogP contribution in [0.25, 0.3) is 0 Å². The third kappa shape index (κ3) is 7.88. The van der Waals surface area contributed by atoms with Crippen molar-refractivity contribution < 1.29 is 9.47 Å². The van der Waals surface area contributed by atoms with E-state index in [0.29, 0.717) is 19.9 Å². The number of nitrogens with two attached hydrogens (primary N) is 1. The summed E-state index contributed by atoms with van der Waals surface area (Å²) in [6.45, 7) is 7.40. The lowest BCUT2D eigenvalue weighted by Gasteiger charge is -2.18. The van der Waals surface area contributed by atoms with Crippen LogP contribution in [-0.4, -0.2) is 25.5 Å². The molecule has 2 N–H and O–H groups in total. The number of hydrogen-bond acceptors (Lipinski definition) is 3. The van der Waals surface area contributed by atoms with Gasteiger partial charge in [0.15, 0.2) is 0 Å². The van der Waals surface area contributed by atoms with Crippen molar-refractivity contribution in [2.45, 2.75) is 26.4 Å². The van der Waals surface area contributed by atoms with Crippen LogP contribution in [-0.2, 0) is 9.47 Å². The predicted octanol–water partition coefficient (Wildman–Crippen LogP) is 0.734. The van der Waals surface area contributed by atoms with Crippen molar-refractivity contribution in [1.82, 2.24) is 0 Å². The SMILES string of the molecule is CC(C)(C)OCOCCN. The van der Waals surface area contributed by atoms with Gasteiger partial charge in [-0.05, 0) is 20.8 Å². The molecule has 0 aliphatic rings. The van der Waals surface area contributed by atoms with E-state index in [1.54, 1.807) is 0 Å². The Morgan fingerprint density at radius 2 is 1.90 bits per heavy atom.